The number of carbonyl (C=O) groups is 1. The van der Waals surface area contributed by atoms with E-state index in [-0.39, 0.29) is 11.8 Å². The number of amides is 1. The topological polar surface area (TPSA) is 38.8 Å². The van der Waals surface area contributed by atoms with Gasteiger partial charge in [-0.15, -0.1) is 0 Å². The fraction of sp³-hybridized carbons (Fsp3) is 0.632. The molecule has 0 aliphatic carbocycles. The molecule has 1 aromatic rings. The molecule has 1 amide bonds. The van der Waals surface area contributed by atoms with Crippen molar-refractivity contribution in [2.24, 2.45) is 5.92 Å². The lowest BCUT2D eigenvalue weighted by Gasteiger charge is -2.28. The standard InChI is InChI=1S/C19H29NO3/c1-4-7-9-15(5-2)19(21)20(6-3)14-16-10-8-11-17-18(16)23-13-12-22-17/h8,10-11,15H,4-7,9,12-14H2,1-3H3. The van der Waals surface area contributed by atoms with E-state index in [1.54, 1.807) is 0 Å². The molecule has 4 heteroatoms. The predicted octanol–water partition coefficient (Wildman–Crippen LogP) is 4.02. The third kappa shape index (κ3) is 4.40. The molecular formula is C19H29NO3. The minimum absolute atomic E-state index is 0.131. The normalized spacial score (nSPS) is 14.4. The minimum Gasteiger partial charge on any atom is -0.486 e. The Morgan fingerprint density at radius 1 is 1.22 bits per heavy atom. The van der Waals surface area contributed by atoms with Crippen LogP contribution in [0.25, 0.3) is 0 Å². The van der Waals surface area contributed by atoms with Gasteiger partial charge in [-0.3, -0.25) is 4.79 Å². The summed E-state index contributed by atoms with van der Waals surface area (Å²) in [6.07, 6.45) is 4.13. The average molecular weight is 319 g/mol. The van der Waals surface area contributed by atoms with Crippen molar-refractivity contribution in [1.29, 1.82) is 0 Å². The van der Waals surface area contributed by atoms with Gasteiger partial charge < -0.3 is 14.4 Å². The number of carbonyl (C=O) groups excluding carboxylic acids is 1. The van der Waals surface area contributed by atoms with E-state index >= 15 is 0 Å². The van der Waals surface area contributed by atoms with Crippen LogP contribution in [0.5, 0.6) is 11.5 Å². The Morgan fingerprint density at radius 3 is 2.70 bits per heavy atom. The fourth-order valence-electron chi connectivity index (χ4n) is 3.02. The number of nitrogens with zero attached hydrogens (tertiary/aromatic N) is 1. The lowest BCUT2D eigenvalue weighted by atomic mass is 9.97. The molecule has 1 unspecified atom stereocenters. The van der Waals surface area contributed by atoms with Gasteiger partial charge in [-0.1, -0.05) is 38.8 Å². The highest BCUT2D eigenvalue weighted by molar-refractivity contribution is 5.78. The molecule has 1 aliphatic heterocycles. The molecule has 0 saturated heterocycles. The van der Waals surface area contributed by atoms with Gasteiger partial charge in [0.2, 0.25) is 5.91 Å². The summed E-state index contributed by atoms with van der Waals surface area (Å²) in [7, 11) is 0. The second kappa shape index (κ2) is 8.80. The van der Waals surface area contributed by atoms with Crippen LogP contribution in [0.15, 0.2) is 18.2 Å². The number of para-hydroxylation sites is 1. The molecular weight excluding hydrogens is 290 g/mol. The molecule has 1 aliphatic rings. The fourth-order valence-corrected chi connectivity index (χ4v) is 3.02. The first-order valence-corrected chi connectivity index (χ1v) is 8.87. The number of fused-ring (bicyclic) bond motifs is 1. The Hall–Kier alpha value is -1.71. The Morgan fingerprint density at radius 2 is 2.00 bits per heavy atom. The molecule has 1 atom stereocenters. The van der Waals surface area contributed by atoms with Crippen LogP contribution in [-0.4, -0.2) is 30.6 Å². The highest BCUT2D eigenvalue weighted by Crippen LogP contribution is 2.34. The number of rotatable bonds is 8. The average Bonchev–Trinajstić information content (AvgIpc) is 2.60. The summed E-state index contributed by atoms with van der Waals surface area (Å²) in [5.41, 5.74) is 1.03. The molecule has 0 N–H and O–H groups in total. The molecule has 1 aromatic carbocycles. The van der Waals surface area contributed by atoms with Gasteiger partial charge in [0.1, 0.15) is 13.2 Å². The van der Waals surface area contributed by atoms with Crippen LogP contribution >= 0.6 is 0 Å². The Kier molecular flexibility index (Phi) is 6.75. The smallest absolute Gasteiger partial charge is 0.225 e. The zero-order chi connectivity index (χ0) is 16.7. The van der Waals surface area contributed by atoms with Crippen molar-refractivity contribution in [3.05, 3.63) is 23.8 Å². The zero-order valence-corrected chi connectivity index (χ0v) is 14.6. The van der Waals surface area contributed by atoms with E-state index in [0.717, 1.165) is 42.7 Å². The van der Waals surface area contributed by atoms with Crippen molar-refractivity contribution < 1.29 is 14.3 Å². The molecule has 0 spiro atoms. The number of unbranched alkanes of at least 4 members (excludes halogenated alkanes) is 1. The van der Waals surface area contributed by atoms with Gasteiger partial charge in [-0.05, 0) is 25.8 Å². The maximum absolute atomic E-state index is 12.8. The SMILES string of the molecule is CCCCC(CC)C(=O)N(CC)Cc1cccc2c1OCCO2. The van der Waals surface area contributed by atoms with E-state index < -0.39 is 0 Å². The van der Waals surface area contributed by atoms with E-state index in [9.17, 15) is 4.79 Å². The summed E-state index contributed by atoms with van der Waals surface area (Å²) < 4.78 is 11.4. The molecule has 4 nitrogen and oxygen atoms in total. The van der Waals surface area contributed by atoms with Crippen LogP contribution in [0, 0.1) is 5.92 Å². The van der Waals surface area contributed by atoms with Crippen molar-refractivity contribution in [2.75, 3.05) is 19.8 Å². The highest BCUT2D eigenvalue weighted by Gasteiger charge is 2.24. The van der Waals surface area contributed by atoms with Crippen molar-refractivity contribution in [1.82, 2.24) is 4.90 Å². The predicted molar refractivity (Wildman–Crippen MR) is 91.8 cm³/mol. The van der Waals surface area contributed by atoms with Crippen molar-refractivity contribution in [3.8, 4) is 11.5 Å². The van der Waals surface area contributed by atoms with E-state index in [1.807, 2.05) is 30.0 Å². The minimum atomic E-state index is 0.131. The van der Waals surface area contributed by atoms with Crippen LogP contribution in [0.2, 0.25) is 0 Å². The summed E-state index contributed by atoms with van der Waals surface area (Å²) in [4.78, 5) is 14.8. The number of hydrogen-bond acceptors (Lipinski definition) is 3. The van der Waals surface area contributed by atoms with Gasteiger partial charge in [-0.25, -0.2) is 0 Å². The molecule has 0 bridgehead atoms. The van der Waals surface area contributed by atoms with E-state index in [1.165, 1.54) is 0 Å². The van der Waals surface area contributed by atoms with Gasteiger partial charge in [0.25, 0.3) is 0 Å². The molecule has 0 aromatic heterocycles. The maximum Gasteiger partial charge on any atom is 0.225 e. The summed E-state index contributed by atoms with van der Waals surface area (Å²) in [6.45, 7) is 8.77. The van der Waals surface area contributed by atoms with Crippen LogP contribution in [0.3, 0.4) is 0 Å². The lowest BCUT2D eigenvalue weighted by molar-refractivity contribution is -0.136. The molecule has 0 fully saturated rings. The molecule has 23 heavy (non-hydrogen) atoms. The Bertz CT molecular complexity index is 515. The van der Waals surface area contributed by atoms with Gasteiger partial charge in [0, 0.05) is 24.6 Å². The Balaban J connectivity index is 2.11. The van der Waals surface area contributed by atoms with Crippen molar-refractivity contribution in [3.63, 3.8) is 0 Å². The third-order valence-electron chi connectivity index (χ3n) is 4.45. The van der Waals surface area contributed by atoms with Crippen LogP contribution in [-0.2, 0) is 11.3 Å². The summed E-state index contributed by atoms with van der Waals surface area (Å²) >= 11 is 0. The van der Waals surface area contributed by atoms with Crippen molar-refractivity contribution in [2.45, 2.75) is 53.0 Å². The molecule has 128 valence electrons. The summed E-state index contributed by atoms with van der Waals surface area (Å²) in [6, 6.07) is 5.91. The Labute approximate surface area is 139 Å². The largest absolute Gasteiger partial charge is 0.486 e. The monoisotopic (exact) mass is 319 g/mol. The zero-order valence-electron chi connectivity index (χ0n) is 14.6. The molecule has 0 saturated carbocycles. The molecule has 2 rings (SSSR count). The third-order valence-corrected chi connectivity index (χ3v) is 4.45. The first-order chi connectivity index (χ1) is 11.2. The first-order valence-electron chi connectivity index (χ1n) is 8.87. The summed E-state index contributed by atoms with van der Waals surface area (Å²) in [5.74, 6) is 1.98. The number of hydrogen-bond donors (Lipinski definition) is 0. The maximum atomic E-state index is 12.8. The summed E-state index contributed by atoms with van der Waals surface area (Å²) in [5, 5.41) is 0. The van der Waals surface area contributed by atoms with Crippen LogP contribution in [0.4, 0.5) is 0 Å². The molecule has 0 radical (unpaired) electrons. The van der Waals surface area contributed by atoms with E-state index in [0.29, 0.717) is 26.3 Å². The first kappa shape index (κ1) is 17.6. The van der Waals surface area contributed by atoms with Gasteiger partial charge in [0.05, 0.1) is 0 Å². The quantitative estimate of drug-likeness (QED) is 0.726. The van der Waals surface area contributed by atoms with Crippen LogP contribution in [0.1, 0.15) is 52.0 Å². The van der Waals surface area contributed by atoms with Crippen LogP contribution < -0.4 is 9.47 Å². The van der Waals surface area contributed by atoms with E-state index in [2.05, 4.69) is 13.8 Å². The highest BCUT2D eigenvalue weighted by atomic mass is 16.6. The van der Waals surface area contributed by atoms with Gasteiger partial charge in [-0.2, -0.15) is 0 Å². The second-order valence-electron chi connectivity index (χ2n) is 6.04. The second-order valence-corrected chi connectivity index (χ2v) is 6.04. The van der Waals surface area contributed by atoms with Crippen molar-refractivity contribution >= 4 is 5.91 Å². The number of ether oxygens (including phenoxy) is 2. The molecule has 1 heterocycles. The van der Waals surface area contributed by atoms with E-state index in [4.69, 9.17) is 9.47 Å². The lowest BCUT2D eigenvalue weighted by Crippen LogP contribution is -2.35. The number of benzene rings is 1. The van der Waals surface area contributed by atoms with Gasteiger partial charge >= 0.3 is 0 Å². The van der Waals surface area contributed by atoms with Gasteiger partial charge in [0.15, 0.2) is 11.5 Å².